The number of sulfonamides is 1. The molecule has 1 aliphatic carbocycles. The van der Waals surface area contributed by atoms with Gasteiger partial charge in [-0.05, 0) is 31.0 Å². The molecule has 0 atom stereocenters. The summed E-state index contributed by atoms with van der Waals surface area (Å²) >= 11 is 0. The van der Waals surface area contributed by atoms with E-state index in [4.69, 9.17) is 9.88 Å². The average molecular weight is 281 g/mol. The predicted molar refractivity (Wildman–Crippen MR) is 56.5 cm³/mol. The van der Waals surface area contributed by atoms with E-state index < -0.39 is 26.7 Å². The molecular weight excluding hydrogens is 271 g/mol. The van der Waals surface area contributed by atoms with Gasteiger partial charge in [0.05, 0.1) is 16.6 Å². The predicted octanol–water partition coefficient (Wildman–Crippen LogP) is 1.89. The molecule has 0 radical (unpaired) electrons. The van der Waals surface area contributed by atoms with Crippen molar-refractivity contribution in [2.75, 3.05) is 0 Å². The van der Waals surface area contributed by atoms with Gasteiger partial charge in [0.1, 0.15) is 5.75 Å². The molecule has 18 heavy (non-hydrogen) atoms. The lowest BCUT2D eigenvalue weighted by Gasteiger charge is -2.13. The van der Waals surface area contributed by atoms with E-state index in [1.165, 1.54) is 6.07 Å². The number of rotatable bonds is 3. The third kappa shape index (κ3) is 2.94. The second kappa shape index (κ2) is 4.13. The zero-order valence-corrected chi connectivity index (χ0v) is 9.88. The zero-order chi connectivity index (χ0) is 13.6. The Morgan fingerprint density at radius 3 is 2.33 bits per heavy atom. The summed E-state index contributed by atoms with van der Waals surface area (Å²) in [5.41, 5.74) is -1.30. The maximum atomic E-state index is 12.7. The van der Waals surface area contributed by atoms with E-state index in [9.17, 15) is 21.6 Å². The summed E-state index contributed by atoms with van der Waals surface area (Å²) in [5, 5.41) is 4.75. The van der Waals surface area contributed by atoms with Gasteiger partial charge in [-0.15, -0.1) is 0 Å². The van der Waals surface area contributed by atoms with Crippen LogP contribution in [0.15, 0.2) is 23.1 Å². The molecule has 0 spiro atoms. The van der Waals surface area contributed by atoms with Gasteiger partial charge in [0.25, 0.3) is 0 Å². The van der Waals surface area contributed by atoms with Crippen LogP contribution in [-0.2, 0) is 16.2 Å². The molecule has 100 valence electrons. The molecule has 1 aromatic rings. The van der Waals surface area contributed by atoms with Gasteiger partial charge in [-0.25, -0.2) is 13.6 Å². The number of primary sulfonamides is 1. The van der Waals surface area contributed by atoms with Crippen molar-refractivity contribution in [3.05, 3.63) is 23.8 Å². The molecule has 0 aromatic heterocycles. The van der Waals surface area contributed by atoms with Gasteiger partial charge in [-0.3, -0.25) is 0 Å². The number of benzene rings is 1. The van der Waals surface area contributed by atoms with Crippen LogP contribution in [0.25, 0.3) is 0 Å². The first-order valence-corrected chi connectivity index (χ1v) is 6.63. The second-order valence-electron chi connectivity index (χ2n) is 4.02. The quantitative estimate of drug-likeness (QED) is 0.919. The van der Waals surface area contributed by atoms with Crippen molar-refractivity contribution in [1.29, 1.82) is 0 Å². The van der Waals surface area contributed by atoms with Gasteiger partial charge < -0.3 is 4.74 Å². The fourth-order valence-corrected chi connectivity index (χ4v) is 2.17. The van der Waals surface area contributed by atoms with Crippen LogP contribution in [0.5, 0.6) is 5.75 Å². The Morgan fingerprint density at radius 1 is 1.28 bits per heavy atom. The summed E-state index contributed by atoms with van der Waals surface area (Å²) in [7, 11) is -4.42. The molecule has 8 heteroatoms. The lowest BCUT2D eigenvalue weighted by atomic mass is 10.2. The van der Waals surface area contributed by atoms with E-state index in [1.54, 1.807) is 0 Å². The largest absolute Gasteiger partial charge is 0.490 e. The number of hydrogen-bond donors (Lipinski definition) is 1. The van der Waals surface area contributed by atoms with Gasteiger partial charge in [0, 0.05) is 0 Å². The molecule has 0 heterocycles. The molecular formula is C10H10F3NO3S. The summed E-state index contributed by atoms with van der Waals surface area (Å²) in [5.74, 6) is -0.00257. The second-order valence-corrected chi connectivity index (χ2v) is 5.55. The van der Waals surface area contributed by atoms with Gasteiger partial charge in [-0.2, -0.15) is 13.2 Å². The summed E-state index contributed by atoms with van der Waals surface area (Å²) < 4.78 is 65.6. The minimum atomic E-state index is -4.80. The Bertz CT molecular complexity index is 564. The van der Waals surface area contributed by atoms with Crippen LogP contribution < -0.4 is 9.88 Å². The van der Waals surface area contributed by atoms with Crippen molar-refractivity contribution < 1.29 is 26.3 Å². The van der Waals surface area contributed by atoms with Crippen molar-refractivity contribution in [2.45, 2.75) is 30.0 Å². The number of nitrogens with two attached hydrogens (primary N) is 1. The van der Waals surface area contributed by atoms with Gasteiger partial charge in [0.15, 0.2) is 0 Å². The Labute approximate surface area is 102 Å². The van der Waals surface area contributed by atoms with E-state index in [0.29, 0.717) is 6.07 Å². The third-order valence-electron chi connectivity index (χ3n) is 2.39. The van der Waals surface area contributed by atoms with Crippen LogP contribution in [0.1, 0.15) is 18.4 Å². The van der Waals surface area contributed by atoms with E-state index in [-0.39, 0.29) is 11.9 Å². The number of hydrogen-bond acceptors (Lipinski definition) is 3. The van der Waals surface area contributed by atoms with E-state index in [1.807, 2.05) is 0 Å². The van der Waals surface area contributed by atoms with Gasteiger partial charge >= 0.3 is 6.18 Å². The lowest BCUT2D eigenvalue weighted by Crippen LogP contribution is -2.19. The van der Waals surface area contributed by atoms with Gasteiger partial charge in [-0.1, -0.05) is 0 Å². The Morgan fingerprint density at radius 2 is 1.89 bits per heavy atom. The van der Waals surface area contributed by atoms with Crippen LogP contribution in [0.2, 0.25) is 0 Å². The van der Waals surface area contributed by atoms with E-state index in [2.05, 4.69) is 0 Å². The molecule has 1 aliphatic rings. The molecule has 0 saturated heterocycles. The highest BCUT2D eigenvalue weighted by Gasteiger charge is 2.37. The van der Waals surface area contributed by atoms with Crippen LogP contribution >= 0.6 is 0 Å². The topological polar surface area (TPSA) is 69.4 Å². The average Bonchev–Trinajstić information content (AvgIpc) is 2.98. The Kier molecular flexibility index (Phi) is 3.02. The highest BCUT2D eigenvalue weighted by Crippen LogP contribution is 2.37. The van der Waals surface area contributed by atoms with Crippen LogP contribution in [0, 0.1) is 0 Å². The first kappa shape index (κ1) is 13.2. The molecule has 4 nitrogen and oxygen atoms in total. The lowest BCUT2D eigenvalue weighted by molar-refractivity contribution is -0.140. The fourth-order valence-electron chi connectivity index (χ4n) is 1.43. The van der Waals surface area contributed by atoms with Crippen molar-refractivity contribution in [1.82, 2.24) is 0 Å². The standard InChI is InChI=1S/C10H10F3NO3S/c11-10(12,13)8-5-7(17-6-1-2-6)3-4-9(8)18(14,15)16/h3-6H,1-2H2,(H2,14,15,16). The van der Waals surface area contributed by atoms with Crippen molar-refractivity contribution in [3.63, 3.8) is 0 Å². The highest BCUT2D eigenvalue weighted by atomic mass is 32.2. The van der Waals surface area contributed by atoms with Crippen LogP contribution in [0.3, 0.4) is 0 Å². The molecule has 2 rings (SSSR count). The van der Waals surface area contributed by atoms with Crippen molar-refractivity contribution in [2.24, 2.45) is 5.14 Å². The summed E-state index contributed by atoms with van der Waals surface area (Å²) in [6, 6.07) is 2.65. The Hall–Kier alpha value is -1.28. The summed E-state index contributed by atoms with van der Waals surface area (Å²) in [6.07, 6.45) is -3.30. The molecule has 1 saturated carbocycles. The van der Waals surface area contributed by atoms with Gasteiger partial charge in [0.2, 0.25) is 10.0 Å². The maximum absolute atomic E-state index is 12.7. The van der Waals surface area contributed by atoms with Crippen molar-refractivity contribution in [3.8, 4) is 5.75 Å². The fraction of sp³-hybridized carbons (Fsp3) is 0.400. The molecule has 0 unspecified atom stereocenters. The molecule has 1 fully saturated rings. The minimum Gasteiger partial charge on any atom is -0.490 e. The molecule has 2 N–H and O–H groups in total. The van der Waals surface area contributed by atoms with E-state index >= 15 is 0 Å². The number of alkyl halides is 3. The first-order chi connectivity index (χ1) is 8.18. The normalized spacial score (nSPS) is 16.7. The third-order valence-corrected chi connectivity index (χ3v) is 3.36. The Balaban J connectivity index is 2.47. The van der Waals surface area contributed by atoms with E-state index in [0.717, 1.165) is 18.9 Å². The SMILES string of the molecule is NS(=O)(=O)c1ccc(OC2CC2)cc1C(F)(F)F. The molecule has 0 amide bonds. The van der Waals surface area contributed by atoms with Crippen molar-refractivity contribution >= 4 is 10.0 Å². The minimum absolute atomic E-state index is 0.00257. The van der Waals surface area contributed by atoms with Crippen LogP contribution in [-0.4, -0.2) is 14.5 Å². The summed E-state index contributed by atoms with van der Waals surface area (Å²) in [4.78, 5) is -0.946. The molecule has 0 aliphatic heterocycles. The maximum Gasteiger partial charge on any atom is 0.417 e. The monoisotopic (exact) mass is 281 g/mol. The highest BCUT2D eigenvalue weighted by molar-refractivity contribution is 7.89. The smallest absolute Gasteiger partial charge is 0.417 e. The number of ether oxygens (including phenoxy) is 1. The first-order valence-electron chi connectivity index (χ1n) is 5.08. The number of halogens is 3. The zero-order valence-electron chi connectivity index (χ0n) is 9.07. The molecule has 1 aromatic carbocycles. The molecule has 0 bridgehead atoms. The van der Waals surface area contributed by atoms with Crippen LogP contribution in [0.4, 0.5) is 13.2 Å². The summed E-state index contributed by atoms with van der Waals surface area (Å²) in [6.45, 7) is 0.